The van der Waals surface area contributed by atoms with E-state index in [0.717, 1.165) is 24.0 Å². The Balaban J connectivity index is 1.57. The predicted octanol–water partition coefficient (Wildman–Crippen LogP) is 1.73. The topological polar surface area (TPSA) is 90.0 Å². The number of aromatic nitrogens is 3. The van der Waals surface area contributed by atoms with Crippen LogP contribution in [0.15, 0.2) is 39.6 Å². The molecule has 24 heavy (non-hydrogen) atoms. The van der Waals surface area contributed by atoms with Gasteiger partial charge >= 0.3 is 0 Å². The molecule has 7 nitrogen and oxygen atoms in total. The molecule has 1 saturated carbocycles. The Labute approximate surface area is 137 Å². The van der Waals surface area contributed by atoms with E-state index in [9.17, 15) is 9.59 Å². The van der Waals surface area contributed by atoms with Gasteiger partial charge in [-0.3, -0.25) is 9.59 Å². The molecule has 2 heterocycles. The predicted molar refractivity (Wildman–Crippen MR) is 86.6 cm³/mol. The molecule has 1 aliphatic carbocycles. The minimum atomic E-state index is -0.314. The second-order valence-electron chi connectivity index (χ2n) is 5.99. The number of hydrogen-bond donors (Lipinski definition) is 1. The highest BCUT2D eigenvalue weighted by Crippen LogP contribution is 2.40. The Morgan fingerprint density at radius 1 is 1.33 bits per heavy atom. The summed E-state index contributed by atoms with van der Waals surface area (Å²) >= 11 is 0. The summed E-state index contributed by atoms with van der Waals surface area (Å²) in [6, 6.07) is 8.92. The van der Waals surface area contributed by atoms with Crippen LogP contribution in [0, 0.1) is 0 Å². The van der Waals surface area contributed by atoms with Gasteiger partial charge in [-0.05, 0) is 18.9 Å². The fraction of sp³-hybridized carbons (Fsp3) is 0.294. The van der Waals surface area contributed by atoms with Crippen LogP contribution in [0.3, 0.4) is 0 Å². The van der Waals surface area contributed by atoms with Gasteiger partial charge in [0.1, 0.15) is 5.76 Å². The molecule has 1 aromatic carbocycles. The van der Waals surface area contributed by atoms with Crippen molar-refractivity contribution in [1.82, 2.24) is 20.3 Å². The Hall–Kier alpha value is -2.96. The number of benzene rings is 1. The van der Waals surface area contributed by atoms with Gasteiger partial charge in [-0.15, -0.1) is 0 Å². The van der Waals surface area contributed by atoms with E-state index < -0.39 is 0 Å². The van der Waals surface area contributed by atoms with Crippen molar-refractivity contribution in [2.45, 2.75) is 25.3 Å². The quantitative estimate of drug-likeness (QED) is 0.789. The zero-order valence-corrected chi connectivity index (χ0v) is 13.2. The van der Waals surface area contributed by atoms with Gasteiger partial charge in [-0.1, -0.05) is 23.4 Å². The molecule has 0 radical (unpaired) electrons. The summed E-state index contributed by atoms with van der Waals surface area (Å²) in [5.41, 5.74) is 0.740. The zero-order chi connectivity index (χ0) is 16.7. The van der Waals surface area contributed by atoms with E-state index in [4.69, 9.17) is 4.52 Å². The number of hydrogen-bond acceptors (Lipinski definition) is 5. The Morgan fingerprint density at radius 2 is 2.08 bits per heavy atom. The average molecular weight is 324 g/mol. The third-order valence-electron chi connectivity index (χ3n) is 4.19. The summed E-state index contributed by atoms with van der Waals surface area (Å²) in [7, 11) is 1.60. The molecule has 0 atom stereocenters. The molecule has 1 amide bonds. The monoisotopic (exact) mass is 324 g/mol. The van der Waals surface area contributed by atoms with Gasteiger partial charge in [0, 0.05) is 24.4 Å². The van der Waals surface area contributed by atoms with Crippen LogP contribution in [-0.4, -0.2) is 20.8 Å². The summed E-state index contributed by atoms with van der Waals surface area (Å²) < 4.78 is 6.48. The largest absolute Gasteiger partial charge is 0.360 e. The fourth-order valence-corrected chi connectivity index (χ4v) is 2.72. The smallest absolute Gasteiger partial charge is 0.274 e. The van der Waals surface area contributed by atoms with E-state index in [1.54, 1.807) is 25.2 Å². The van der Waals surface area contributed by atoms with E-state index >= 15 is 0 Å². The van der Waals surface area contributed by atoms with Crippen molar-refractivity contribution in [3.63, 3.8) is 0 Å². The van der Waals surface area contributed by atoms with Gasteiger partial charge in [-0.25, -0.2) is 4.68 Å². The van der Waals surface area contributed by atoms with Crippen molar-refractivity contribution >= 4 is 16.7 Å². The van der Waals surface area contributed by atoms with Crippen molar-refractivity contribution in [3.8, 4) is 0 Å². The molecule has 1 aliphatic rings. The maximum atomic E-state index is 12.2. The number of rotatable bonds is 4. The minimum Gasteiger partial charge on any atom is -0.360 e. The fourth-order valence-electron chi connectivity index (χ4n) is 2.72. The number of carbonyl (C=O) groups is 1. The zero-order valence-electron chi connectivity index (χ0n) is 13.2. The Kier molecular flexibility index (Phi) is 3.41. The van der Waals surface area contributed by atoms with Crippen molar-refractivity contribution in [2.24, 2.45) is 7.05 Å². The summed E-state index contributed by atoms with van der Waals surface area (Å²) in [6.45, 7) is 0.207. The SMILES string of the molecule is Cn1nc(CNC(=O)c2cc(C3CC3)on2)c2ccccc2c1=O. The summed E-state index contributed by atoms with van der Waals surface area (Å²) in [5.74, 6) is 0.865. The van der Waals surface area contributed by atoms with Crippen LogP contribution in [0.25, 0.3) is 10.8 Å². The van der Waals surface area contributed by atoms with Crippen molar-refractivity contribution < 1.29 is 9.32 Å². The van der Waals surface area contributed by atoms with Gasteiger partial charge < -0.3 is 9.84 Å². The third kappa shape index (κ3) is 2.58. The van der Waals surface area contributed by atoms with Crippen molar-refractivity contribution in [3.05, 3.63) is 57.8 Å². The number of nitrogens with one attached hydrogen (secondary N) is 1. The molecule has 3 aromatic rings. The van der Waals surface area contributed by atoms with E-state index in [2.05, 4.69) is 15.6 Å². The molecule has 0 bridgehead atoms. The first-order valence-electron chi connectivity index (χ1n) is 7.83. The summed E-state index contributed by atoms with van der Waals surface area (Å²) in [5, 5.41) is 12.2. The summed E-state index contributed by atoms with van der Waals surface area (Å²) in [4.78, 5) is 24.3. The second-order valence-corrected chi connectivity index (χ2v) is 5.99. The number of carbonyl (C=O) groups excluding carboxylic acids is 1. The highest BCUT2D eigenvalue weighted by atomic mass is 16.5. The lowest BCUT2D eigenvalue weighted by molar-refractivity contribution is 0.0941. The van der Waals surface area contributed by atoms with Crippen molar-refractivity contribution in [2.75, 3.05) is 0 Å². The van der Waals surface area contributed by atoms with Crippen LogP contribution in [0.5, 0.6) is 0 Å². The first-order chi connectivity index (χ1) is 11.6. The third-order valence-corrected chi connectivity index (χ3v) is 4.19. The highest BCUT2D eigenvalue weighted by molar-refractivity contribution is 5.92. The molecular formula is C17H16N4O3. The normalized spacial score (nSPS) is 14.0. The molecule has 2 aromatic heterocycles. The lowest BCUT2D eigenvalue weighted by Gasteiger charge is -2.08. The second kappa shape index (κ2) is 5.59. The van der Waals surface area contributed by atoms with Crippen LogP contribution in [-0.2, 0) is 13.6 Å². The number of nitrogens with zero attached hydrogens (tertiary/aromatic N) is 3. The van der Waals surface area contributed by atoms with Crippen LogP contribution >= 0.6 is 0 Å². The molecule has 1 N–H and O–H groups in total. The molecule has 0 aliphatic heterocycles. The van der Waals surface area contributed by atoms with Crippen molar-refractivity contribution in [1.29, 1.82) is 0 Å². The molecule has 1 fully saturated rings. The molecule has 7 heteroatoms. The molecule has 122 valence electrons. The lowest BCUT2D eigenvalue weighted by Crippen LogP contribution is -2.27. The number of amides is 1. The molecule has 4 rings (SSSR count). The van der Waals surface area contributed by atoms with Gasteiger partial charge in [0.25, 0.3) is 11.5 Å². The molecule has 0 saturated heterocycles. The average Bonchev–Trinajstić information content (AvgIpc) is 3.33. The minimum absolute atomic E-state index is 0.161. The van der Waals surface area contributed by atoms with Crippen LogP contribution in [0.2, 0.25) is 0 Å². The van der Waals surface area contributed by atoms with Crippen LogP contribution in [0.4, 0.5) is 0 Å². The first-order valence-corrected chi connectivity index (χ1v) is 7.83. The van der Waals surface area contributed by atoms with Gasteiger partial charge in [0.2, 0.25) is 0 Å². The first kappa shape index (κ1) is 14.6. The van der Waals surface area contributed by atoms with Crippen LogP contribution < -0.4 is 10.9 Å². The number of aryl methyl sites for hydroxylation is 1. The van der Waals surface area contributed by atoms with E-state index in [-0.39, 0.29) is 23.7 Å². The number of fused-ring (bicyclic) bond motifs is 1. The Morgan fingerprint density at radius 3 is 2.83 bits per heavy atom. The summed E-state index contributed by atoms with van der Waals surface area (Å²) in [6.07, 6.45) is 2.18. The molecular weight excluding hydrogens is 308 g/mol. The molecule has 0 spiro atoms. The van der Waals surface area contributed by atoms with Gasteiger partial charge in [0.05, 0.1) is 17.6 Å². The van der Waals surface area contributed by atoms with Gasteiger partial charge in [0.15, 0.2) is 5.69 Å². The molecule has 0 unspecified atom stereocenters. The standard InChI is InChI=1S/C17H16N4O3/c1-21-17(23)12-5-3-2-4-11(12)14(19-21)9-18-16(22)13-8-15(24-20-13)10-6-7-10/h2-5,8,10H,6-7,9H2,1H3,(H,18,22). The maximum absolute atomic E-state index is 12.2. The Bertz CT molecular complexity index is 985. The van der Waals surface area contributed by atoms with E-state index in [0.29, 0.717) is 17.0 Å². The van der Waals surface area contributed by atoms with Gasteiger partial charge in [-0.2, -0.15) is 5.10 Å². The maximum Gasteiger partial charge on any atom is 0.274 e. The lowest BCUT2D eigenvalue weighted by atomic mass is 10.1. The van der Waals surface area contributed by atoms with E-state index in [1.165, 1.54) is 4.68 Å². The van der Waals surface area contributed by atoms with Crippen LogP contribution in [0.1, 0.15) is 40.7 Å². The van der Waals surface area contributed by atoms with E-state index in [1.807, 2.05) is 12.1 Å². The highest BCUT2D eigenvalue weighted by Gasteiger charge is 2.28.